The van der Waals surface area contributed by atoms with Gasteiger partial charge in [-0.15, -0.1) is 0 Å². The second-order valence-electron chi connectivity index (χ2n) is 7.49. The van der Waals surface area contributed by atoms with Crippen molar-refractivity contribution >= 4 is 0 Å². The molecule has 2 aromatic carbocycles. The summed E-state index contributed by atoms with van der Waals surface area (Å²) in [6.45, 7) is 9.10. The van der Waals surface area contributed by atoms with Crippen LogP contribution in [0.1, 0.15) is 23.5 Å². The van der Waals surface area contributed by atoms with Gasteiger partial charge in [-0.3, -0.25) is 4.90 Å². The van der Waals surface area contributed by atoms with E-state index in [0.717, 1.165) is 19.6 Å². The minimum Gasteiger partial charge on any atom is -0.314 e. The van der Waals surface area contributed by atoms with Crippen molar-refractivity contribution in [2.75, 3.05) is 39.3 Å². The van der Waals surface area contributed by atoms with Crippen LogP contribution in [0, 0.1) is 6.92 Å². The number of hydrogen-bond donors (Lipinski definition) is 2. The summed E-state index contributed by atoms with van der Waals surface area (Å²) in [5.74, 6) is 0.703. The number of nitrogens with one attached hydrogen (secondary N) is 2. The lowest BCUT2D eigenvalue weighted by Crippen LogP contribution is -2.46. The molecule has 2 atom stereocenters. The van der Waals surface area contributed by atoms with Gasteiger partial charge in [0.2, 0.25) is 0 Å². The Morgan fingerprint density at radius 3 is 2.60 bits per heavy atom. The fraction of sp³-hybridized carbons (Fsp3) is 0.455. The van der Waals surface area contributed by atoms with E-state index in [-0.39, 0.29) is 0 Å². The first-order chi connectivity index (χ1) is 12.3. The monoisotopic (exact) mass is 335 g/mol. The van der Waals surface area contributed by atoms with E-state index in [1.54, 1.807) is 0 Å². The molecule has 25 heavy (non-hydrogen) atoms. The Kier molecular flexibility index (Phi) is 5.16. The molecule has 0 aromatic heterocycles. The van der Waals surface area contributed by atoms with Gasteiger partial charge in [0.25, 0.3) is 0 Å². The standard InChI is InChI=1S/C22H29N3/c1-17-3-2-4-20(15-17)18-5-7-19(8-6-18)21-16-22(21)24-11-14-25-12-9-23-10-13-25/h2-8,15,21-24H,9-14,16H2,1H3/t21?,22-/m0/s1. The Labute approximate surface area is 151 Å². The van der Waals surface area contributed by atoms with Gasteiger partial charge in [-0.2, -0.15) is 0 Å². The van der Waals surface area contributed by atoms with E-state index in [0.29, 0.717) is 12.0 Å². The summed E-state index contributed by atoms with van der Waals surface area (Å²) in [7, 11) is 0. The molecular weight excluding hydrogens is 306 g/mol. The highest BCUT2D eigenvalue weighted by Crippen LogP contribution is 2.41. The minimum atomic E-state index is 0.674. The van der Waals surface area contributed by atoms with E-state index >= 15 is 0 Å². The molecular formula is C22H29N3. The van der Waals surface area contributed by atoms with Gasteiger partial charge in [-0.25, -0.2) is 0 Å². The Morgan fingerprint density at radius 1 is 1.04 bits per heavy atom. The molecule has 0 amide bonds. The largest absolute Gasteiger partial charge is 0.314 e. The van der Waals surface area contributed by atoms with Crippen LogP contribution in [0.15, 0.2) is 48.5 Å². The molecule has 0 spiro atoms. The maximum Gasteiger partial charge on any atom is 0.0143 e. The minimum absolute atomic E-state index is 0.674. The molecule has 2 N–H and O–H groups in total. The normalized spacial score (nSPS) is 23.6. The molecule has 0 radical (unpaired) electrons. The van der Waals surface area contributed by atoms with Crippen LogP contribution in [0.4, 0.5) is 0 Å². The third kappa shape index (κ3) is 4.30. The van der Waals surface area contributed by atoms with E-state index in [1.165, 1.54) is 48.3 Å². The van der Waals surface area contributed by atoms with E-state index < -0.39 is 0 Å². The van der Waals surface area contributed by atoms with E-state index in [2.05, 4.69) is 71.0 Å². The Bertz CT molecular complexity index is 689. The van der Waals surface area contributed by atoms with Crippen LogP contribution in [0.2, 0.25) is 0 Å². The zero-order valence-corrected chi connectivity index (χ0v) is 15.2. The van der Waals surface area contributed by atoms with Gasteiger partial charge in [0.15, 0.2) is 0 Å². The first-order valence-corrected chi connectivity index (χ1v) is 9.63. The second-order valence-corrected chi connectivity index (χ2v) is 7.49. The van der Waals surface area contributed by atoms with Gasteiger partial charge >= 0.3 is 0 Å². The molecule has 1 saturated carbocycles. The molecule has 2 aromatic rings. The number of piperazine rings is 1. The highest BCUT2D eigenvalue weighted by Gasteiger charge is 2.37. The van der Waals surface area contributed by atoms with Gasteiger partial charge in [0, 0.05) is 51.2 Å². The van der Waals surface area contributed by atoms with Crippen LogP contribution in [0.3, 0.4) is 0 Å². The van der Waals surface area contributed by atoms with Gasteiger partial charge in [0.1, 0.15) is 0 Å². The molecule has 2 aliphatic rings. The summed E-state index contributed by atoms with van der Waals surface area (Å²) < 4.78 is 0. The Hall–Kier alpha value is -1.68. The van der Waals surface area contributed by atoms with E-state index in [9.17, 15) is 0 Å². The predicted molar refractivity (Wildman–Crippen MR) is 105 cm³/mol. The van der Waals surface area contributed by atoms with Crippen LogP contribution in [-0.4, -0.2) is 50.2 Å². The maximum atomic E-state index is 3.74. The number of nitrogens with zero attached hydrogens (tertiary/aromatic N) is 1. The number of rotatable bonds is 6. The van der Waals surface area contributed by atoms with Gasteiger partial charge < -0.3 is 10.6 Å². The predicted octanol–water partition coefficient (Wildman–Crippen LogP) is 3.01. The molecule has 3 heteroatoms. The van der Waals surface area contributed by atoms with Crippen molar-refractivity contribution in [1.82, 2.24) is 15.5 Å². The van der Waals surface area contributed by atoms with Crippen molar-refractivity contribution in [3.63, 3.8) is 0 Å². The average Bonchev–Trinajstić information content (AvgIpc) is 3.42. The fourth-order valence-electron chi connectivity index (χ4n) is 3.88. The van der Waals surface area contributed by atoms with Crippen LogP contribution < -0.4 is 10.6 Å². The van der Waals surface area contributed by atoms with Crippen molar-refractivity contribution < 1.29 is 0 Å². The van der Waals surface area contributed by atoms with Crippen LogP contribution in [0.25, 0.3) is 11.1 Å². The summed E-state index contributed by atoms with van der Waals surface area (Å²) in [4.78, 5) is 2.55. The van der Waals surface area contributed by atoms with Gasteiger partial charge in [-0.05, 0) is 30.0 Å². The molecule has 1 unspecified atom stereocenters. The molecule has 3 nitrogen and oxygen atoms in total. The molecule has 1 aliphatic carbocycles. The number of hydrogen-bond acceptors (Lipinski definition) is 3. The SMILES string of the molecule is Cc1cccc(-c2ccc(C3C[C@@H]3NCCN3CCNCC3)cc2)c1. The van der Waals surface area contributed by atoms with Gasteiger partial charge in [0.05, 0.1) is 0 Å². The first-order valence-electron chi connectivity index (χ1n) is 9.63. The van der Waals surface area contributed by atoms with Crippen molar-refractivity contribution in [3.05, 3.63) is 59.7 Å². The van der Waals surface area contributed by atoms with Crippen molar-refractivity contribution in [2.45, 2.75) is 25.3 Å². The molecule has 1 heterocycles. The van der Waals surface area contributed by atoms with Crippen LogP contribution >= 0.6 is 0 Å². The molecule has 0 bridgehead atoms. The van der Waals surface area contributed by atoms with E-state index in [4.69, 9.17) is 0 Å². The Balaban J connectivity index is 1.27. The molecule has 1 saturated heterocycles. The zero-order valence-electron chi connectivity index (χ0n) is 15.2. The third-order valence-corrected chi connectivity index (χ3v) is 5.52. The average molecular weight is 335 g/mol. The smallest absolute Gasteiger partial charge is 0.0143 e. The lowest BCUT2D eigenvalue weighted by atomic mass is 10.0. The molecule has 2 fully saturated rings. The van der Waals surface area contributed by atoms with Crippen molar-refractivity contribution in [1.29, 1.82) is 0 Å². The molecule has 1 aliphatic heterocycles. The topological polar surface area (TPSA) is 27.3 Å². The molecule has 4 rings (SSSR count). The lowest BCUT2D eigenvalue weighted by molar-refractivity contribution is 0.241. The first kappa shape index (κ1) is 16.8. The second kappa shape index (κ2) is 7.69. The van der Waals surface area contributed by atoms with Gasteiger partial charge in [-0.1, -0.05) is 54.1 Å². The van der Waals surface area contributed by atoms with Crippen molar-refractivity contribution in [3.8, 4) is 11.1 Å². The Morgan fingerprint density at radius 2 is 1.84 bits per heavy atom. The number of aryl methyl sites for hydroxylation is 1. The highest BCUT2D eigenvalue weighted by molar-refractivity contribution is 5.64. The van der Waals surface area contributed by atoms with Crippen LogP contribution in [-0.2, 0) is 0 Å². The maximum absolute atomic E-state index is 3.74. The van der Waals surface area contributed by atoms with E-state index in [1.807, 2.05) is 0 Å². The molecule has 132 valence electrons. The summed E-state index contributed by atoms with van der Waals surface area (Å²) in [6, 6.07) is 18.6. The fourth-order valence-corrected chi connectivity index (χ4v) is 3.88. The quantitative estimate of drug-likeness (QED) is 0.850. The van der Waals surface area contributed by atoms with Crippen LogP contribution in [0.5, 0.6) is 0 Å². The lowest BCUT2D eigenvalue weighted by Gasteiger charge is -2.27. The third-order valence-electron chi connectivity index (χ3n) is 5.52. The van der Waals surface area contributed by atoms with Crippen molar-refractivity contribution in [2.24, 2.45) is 0 Å². The highest BCUT2D eigenvalue weighted by atomic mass is 15.2. The zero-order chi connectivity index (χ0) is 17.1. The summed E-state index contributed by atoms with van der Waals surface area (Å²) in [6.07, 6.45) is 1.28. The number of benzene rings is 2. The summed E-state index contributed by atoms with van der Waals surface area (Å²) in [5, 5.41) is 7.16. The summed E-state index contributed by atoms with van der Waals surface area (Å²) in [5.41, 5.74) is 5.43. The summed E-state index contributed by atoms with van der Waals surface area (Å²) >= 11 is 0.